The van der Waals surface area contributed by atoms with Gasteiger partial charge < -0.3 is 9.84 Å². The predicted molar refractivity (Wildman–Crippen MR) is 66.6 cm³/mol. The first-order chi connectivity index (χ1) is 7.79. The van der Waals surface area contributed by atoms with Gasteiger partial charge in [0.25, 0.3) is 0 Å². The number of aliphatic hydroxyl groups excluding tert-OH is 1. The average Bonchev–Trinajstić information content (AvgIpc) is 2.50. The summed E-state index contributed by atoms with van der Waals surface area (Å²) in [5, 5.41) is 10.1. The van der Waals surface area contributed by atoms with E-state index in [0.717, 1.165) is 39.1 Å². The molecular weight excluding hydrogens is 202 g/mol. The minimum absolute atomic E-state index is 0.135. The van der Waals surface area contributed by atoms with Crippen molar-refractivity contribution in [2.24, 2.45) is 0 Å². The molecule has 1 N–H and O–H groups in total. The van der Waals surface area contributed by atoms with Crippen molar-refractivity contribution in [3.63, 3.8) is 0 Å². The van der Waals surface area contributed by atoms with Gasteiger partial charge in [-0.2, -0.15) is 0 Å². The molecule has 0 aromatic heterocycles. The van der Waals surface area contributed by atoms with Crippen LogP contribution in [0.5, 0.6) is 0 Å². The van der Waals surface area contributed by atoms with Gasteiger partial charge in [0.05, 0.1) is 12.7 Å². The predicted octanol–water partition coefficient (Wildman–Crippen LogP) is 2.04. The van der Waals surface area contributed by atoms with Crippen LogP contribution in [0.15, 0.2) is 0 Å². The first-order valence-electron chi connectivity index (χ1n) is 6.79. The lowest BCUT2D eigenvalue weighted by Gasteiger charge is -2.33. The quantitative estimate of drug-likeness (QED) is 0.559. The zero-order chi connectivity index (χ0) is 11.8. The highest BCUT2D eigenvalue weighted by Gasteiger charge is 2.26. The lowest BCUT2D eigenvalue weighted by molar-refractivity contribution is 0.0274. The van der Waals surface area contributed by atoms with E-state index in [1.165, 1.54) is 19.3 Å². The van der Waals surface area contributed by atoms with Crippen LogP contribution < -0.4 is 0 Å². The lowest BCUT2D eigenvalue weighted by atomic mass is 10.0. The summed E-state index contributed by atoms with van der Waals surface area (Å²) in [6, 6.07) is 0.355. The van der Waals surface area contributed by atoms with Crippen LogP contribution in [-0.2, 0) is 4.74 Å². The summed E-state index contributed by atoms with van der Waals surface area (Å²) in [5.41, 5.74) is 0. The van der Waals surface area contributed by atoms with Crippen molar-refractivity contribution < 1.29 is 9.84 Å². The number of rotatable bonds is 6. The Labute approximate surface area is 99.8 Å². The second-order valence-electron chi connectivity index (χ2n) is 4.60. The molecule has 1 aliphatic rings. The molecule has 0 saturated heterocycles. The van der Waals surface area contributed by atoms with Gasteiger partial charge in [-0.25, -0.2) is 0 Å². The summed E-state index contributed by atoms with van der Waals surface area (Å²) >= 11 is 0. The summed E-state index contributed by atoms with van der Waals surface area (Å²) in [6.45, 7) is 7.72. The molecule has 16 heavy (non-hydrogen) atoms. The summed E-state index contributed by atoms with van der Waals surface area (Å²) in [7, 11) is 0. The minimum Gasteiger partial charge on any atom is -0.391 e. The van der Waals surface area contributed by atoms with E-state index in [1.807, 2.05) is 6.92 Å². The van der Waals surface area contributed by atoms with Crippen LogP contribution in [0.3, 0.4) is 0 Å². The first kappa shape index (κ1) is 13.9. The molecule has 0 aliphatic heterocycles. The van der Waals surface area contributed by atoms with E-state index in [4.69, 9.17) is 4.74 Å². The fourth-order valence-corrected chi connectivity index (χ4v) is 2.58. The minimum atomic E-state index is -0.135. The zero-order valence-electron chi connectivity index (χ0n) is 10.8. The molecule has 1 saturated carbocycles. The van der Waals surface area contributed by atoms with Gasteiger partial charge in [0.2, 0.25) is 0 Å². The maximum atomic E-state index is 10.1. The lowest BCUT2D eigenvalue weighted by Crippen LogP contribution is -2.44. The molecule has 0 amide bonds. The molecular formula is C13H27NO2. The Bertz CT molecular complexity index is 175. The number of ether oxygens (including phenoxy) is 1. The SMILES string of the molecule is CCOCCN(CC)C1CCCCCC1O. The molecule has 1 rings (SSSR count). The van der Waals surface area contributed by atoms with Gasteiger partial charge in [0.1, 0.15) is 0 Å². The molecule has 3 nitrogen and oxygen atoms in total. The Morgan fingerprint density at radius 1 is 1.19 bits per heavy atom. The second kappa shape index (κ2) is 8.04. The Morgan fingerprint density at radius 3 is 2.62 bits per heavy atom. The molecule has 0 bridgehead atoms. The highest BCUT2D eigenvalue weighted by atomic mass is 16.5. The van der Waals surface area contributed by atoms with Crippen LogP contribution in [0.4, 0.5) is 0 Å². The number of hydrogen-bond donors (Lipinski definition) is 1. The largest absolute Gasteiger partial charge is 0.391 e. The molecule has 1 aliphatic carbocycles. The molecule has 96 valence electrons. The molecule has 2 atom stereocenters. The van der Waals surface area contributed by atoms with E-state index in [-0.39, 0.29) is 6.10 Å². The smallest absolute Gasteiger partial charge is 0.0695 e. The summed E-state index contributed by atoms with van der Waals surface area (Å²) in [6.07, 6.45) is 5.69. The van der Waals surface area contributed by atoms with Gasteiger partial charge >= 0.3 is 0 Å². The van der Waals surface area contributed by atoms with E-state index in [2.05, 4.69) is 11.8 Å². The first-order valence-corrected chi connectivity index (χ1v) is 6.79. The summed E-state index contributed by atoms with van der Waals surface area (Å²) < 4.78 is 5.40. The van der Waals surface area contributed by atoms with Crippen molar-refractivity contribution in [3.05, 3.63) is 0 Å². The van der Waals surface area contributed by atoms with E-state index in [9.17, 15) is 5.11 Å². The molecule has 1 fully saturated rings. The molecule has 0 heterocycles. The van der Waals surface area contributed by atoms with E-state index >= 15 is 0 Å². The molecule has 0 spiro atoms. The van der Waals surface area contributed by atoms with E-state index in [1.54, 1.807) is 0 Å². The topological polar surface area (TPSA) is 32.7 Å². The molecule has 0 radical (unpaired) electrons. The van der Waals surface area contributed by atoms with Crippen molar-refractivity contribution in [2.45, 2.75) is 58.1 Å². The monoisotopic (exact) mass is 229 g/mol. The maximum Gasteiger partial charge on any atom is 0.0695 e. The van der Waals surface area contributed by atoms with E-state index in [0.29, 0.717) is 6.04 Å². The van der Waals surface area contributed by atoms with Gasteiger partial charge in [0.15, 0.2) is 0 Å². The van der Waals surface area contributed by atoms with Crippen LogP contribution in [0.2, 0.25) is 0 Å². The fourth-order valence-electron chi connectivity index (χ4n) is 2.58. The number of likely N-dealkylation sites (N-methyl/N-ethyl adjacent to an activating group) is 1. The van der Waals surface area contributed by atoms with Gasteiger partial charge in [-0.05, 0) is 26.3 Å². The maximum absolute atomic E-state index is 10.1. The summed E-state index contributed by atoms with van der Waals surface area (Å²) in [4.78, 5) is 2.38. The van der Waals surface area contributed by atoms with Crippen molar-refractivity contribution >= 4 is 0 Å². The molecule has 2 unspecified atom stereocenters. The Morgan fingerprint density at radius 2 is 1.94 bits per heavy atom. The zero-order valence-corrected chi connectivity index (χ0v) is 10.8. The number of aliphatic hydroxyl groups is 1. The Kier molecular flexibility index (Phi) is 7.01. The van der Waals surface area contributed by atoms with Crippen molar-refractivity contribution in [3.8, 4) is 0 Å². The van der Waals surface area contributed by atoms with Crippen LogP contribution in [-0.4, -0.2) is 48.5 Å². The van der Waals surface area contributed by atoms with Crippen LogP contribution >= 0.6 is 0 Å². The van der Waals surface area contributed by atoms with E-state index < -0.39 is 0 Å². The standard InChI is InChI=1S/C13H27NO2/c1-3-14(10-11-16-4-2)12-8-6-5-7-9-13(12)15/h12-13,15H,3-11H2,1-2H3. The highest BCUT2D eigenvalue weighted by molar-refractivity contribution is 4.81. The van der Waals surface area contributed by atoms with Crippen LogP contribution in [0.1, 0.15) is 46.0 Å². The van der Waals surface area contributed by atoms with Gasteiger partial charge in [-0.15, -0.1) is 0 Å². The summed E-state index contributed by atoms with van der Waals surface area (Å²) in [5.74, 6) is 0. The fraction of sp³-hybridized carbons (Fsp3) is 1.00. The molecule has 0 aromatic carbocycles. The number of hydrogen-bond acceptors (Lipinski definition) is 3. The molecule has 0 aromatic rings. The van der Waals surface area contributed by atoms with Crippen molar-refractivity contribution in [1.29, 1.82) is 0 Å². The van der Waals surface area contributed by atoms with Crippen LogP contribution in [0, 0.1) is 0 Å². The third-order valence-corrected chi connectivity index (χ3v) is 3.55. The number of nitrogens with zero attached hydrogens (tertiary/aromatic N) is 1. The third kappa shape index (κ3) is 4.40. The normalized spacial score (nSPS) is 27.0. The Hall–Kier alpha value is -0.120. The average molecular weight is 229 g/mol. The van der Waals surface area contributed by atoms with Crippen LogP contribution in [0.25, 0.3) is 0 Å². The molecule has 3 heteroatoms. The van der Waals surface area contributed by atoms with Crippen molar-refractivity contribution in [1.82, 2.24) is 4.90 Å². The highest BCUT2D eigenvalue weighted by Crippen LogP contribution is 2.22. The second-order valence-corrected chi connectivity index (χ2v) is 4.60. The van der Waals surface area contributed by atoms with Gasteiger partial charge in [-0.1, -0.05) is 26.2 Å². The Balaban J connectivity index is 2.41. The third-order valence-electron chi connectivity index (χ3n) is 3.55. The van der Waals surface area contributed by atoms with Crippen molar-refractivity contribution in [2.75, 3.05) is 26.3 Å². The van der Waals surface area contributed by atoms with Gasteiger partial charge in [0, 0.05) is 19.2 Å². The van der Waals surface area contributed by atoms with Gasteiger partial charge in [-0.3, -0.25) is 4.90 Å².